The minimum absolute atomic E-state index is 0.207. The van der Waals surface area contributed by atoms with E-state index in [1.54, 1.807) is 16.2 Å². The van der Waals surface area contributed by atoms with Crippen molar-refractivity contribution in [1.29, 1.82) is 0 Å². The van der Waals surface area contributed by atoms with Gasteiger partial charge < -0.3 is 9.64 Å². The van der Waals surface area contributed by atoms with Crippen LogP contribution >= 0.6 is 11.3 Å². The number of amides is 1. The van der Waals surface area contributed by atoms with Gasteiger partial charge in [-0.1, -0.05) is 0 Å². The molecule has 1 aromatic rings. The molecule has 1 aliphatic heterocycles. The fourth-order valence-corrected chi connectivity index (χ4v) is 2.86. The molecule has 1 fully saturated rings. The first-order chi connectivity index (χ1) is 9.35. The second kappa shape index (κ2) is 6.10. The molecular formula is C14H23N3O2S. The first-order valence-electron chi connectivity index (χ1n) is 6.94. The van der Waals surface area contributed by atoms with Gasteiger partial charge >= 0.3 is 6.09 Å². The maximum absolute atomic E-state index is 12.1. The zero-order chi connectivity index (χ0) is 14.8. The number of rotatable bonds is 2. The molecule has 2 rings (SSSR count). The molecule has 0 radical (unpaired) electrons. The van der Waals surface area contributed by atoms with Crippen molar-refractivity contribution in [1.82, 2.24) is 14.8 Å². The zero-order valence-corrected chi connectivity index (χ0v) is 13.4. The molecule has 0 unspecified atom stereocenters. The fraction of sp³-hybridized carbons (Fsp3) is 0.714. The third kappa shape index (κ3) is 4.18. The van der Waals surface area contributed by atoms with E-state index in [0.29, 0.717) is 12.6 Å². The molecule has 20 heavy (non-hydrogen) atoms. The van der Waals surface area contributed by atoms with Gasteiger partial charge in [0.25, 0.3) is 0 Å². The van der Waals surface area contributed by atoms with Gasteiger partial charge in [-0.25, -0.2) is 4.79 Å². The number of carbonyl (C=O) groups excluding carboxylic acids is 1. The number of thiazole rings is 1. The summed E-state index contributed by atoms with van der Waals surface area (Å²) in [6, 6.07) is 0.332. The summed E-state index contributed by atoms with van der Waals surface area (Å²) >= 11 is 1.68. The molecule has 1 atom stereocenters. The van der Waals surface area contributed by atoms with Gasteiger partial charge in [-0.15, -0.1) is 11.3 Å². The Balaban J connectivity index is 1.87. The molecule has 1 aliphatic rings. The van der Waals surface area contributed by atoms with Crippen LogP contribution in [0.4, 0.5) is 4.79 Å². The number of carbonyl (C=O) groups is 1. The molecular weight excluding hydrogens is 274 g/mol. The van der Waals surface area contributed by atoms with Crippen LogP contribution in [-0.4, -0.2) is 52.2 Å². The van der Waals surface area contributed by atoms with E-state index in [4.69, 9.17) is 4.74 Å². The number of piperazine rings is 1. The standard InChI is InChI=1S/C14H23N3O2S/c1-11-8-17(13(18)19-14(2,3)4)6-5-16(11)9-12-7-15-10-20-12/h7,10-11H,5-6,8-9H2,1-4H3/t11-/m1/s1. The van der Waals surface area contributed by atoms with Crippen LogP contribution in [0.3, 0.4) is 0 Å². The number of ether oxygens (including phenoxy) is 1. The van der Waals surface area contributed by atoms with Gasteiger partial charge in [0.05, 0.1) is 5.51 Å². The number of hydrogen-bond acceptors (Lipinski definition) is 5. The Bertz CT molecular complexity index is 442. The molecule has 0 saturated carbocycles. The molecule has 112 valence electrons. The lowest BCUT2D eigenvalue weighted by molar-refractivity contribution is 0.00474. The number of hydrogen-bond donors (Lipinski definition) is 0. The minimum atomic E-state index is -0.430. The predicted molar refractivity (Wildman–Crippen MR) is 79.8 cm³/mol. The highest BCUT2D eigenvalue weighted by atomic mass is 32.1. The van der Waals surface area contributed by atoms with Crippen LogP contribution in [0.2, 0.25) is 0 Å². The van der Waals surface area contributed by atoms with Crippen molar-refractivity contribution >= 4 is 17.4 Å². The van der Waals surface area contributed by atoms with Gasteiger partial charge in [0.2, 0.25) is 0 Å². The third-order valence-corrected chi connectivity index (χ3v) is 4.02. The van der Waals surface area contributed by atoms with E-state index in [-0.39, 0.29) is 6.09 Å². The minimum Gasteiger partial charge on any atom is -0.444 e. The molecule has 1 aromatic heterocycles. The van der Waals surface area contributed by atoms with E-state index in [0.717, 1.165) is 19.6 Å². The van der Waals surface area contributed by atoms with E-state index in [1.807, 2.05) is 32.5 Å². The molecule has 0 bridgehead atoms. The first kappa shape index (κ1) is 15.3. The monoisotopic (exact) mass is 297 g/mol. The van der Waals surface area contributed by atoms with Crippen LogP contribution in [0.5, 0.6) is 0 Å². The Kier molecular flexibility index (Phi) is 4.65. The van der Waals surface area contributed by atoms with Gasteiger partial charge in [-0.05, 0) is 27.7 Å². The Hall–Kier alpha value is -1.14. The molecule has 1 saturated heterocycles. The summed E-state index contributed by atoms with van der Waals surface area (Å²) in [6.45, 7) is 11.1. The van der Waals surface area contributed by atoms with Crippen molar-refractivity contribution in [3.63, 3.8) is 0 Å². The third-order valence-electron chi connectivity index (χ3n) is 3.26. The summed E-state index contributed by atoms with van der Waals surface area (Å²) in [5, 5.41) is 0. The van der Waals surface area contributed by atoms with Crippen LogP contribution in [0.15, 0.2) is 11.7 Å². The Morgan fingerprint density at radius 3 is 2.80 bits per heavy atom. The zero-order valence-electron chi connectivity index (χ0n) is 12.6. The largest absolute Gasteiger partial charge is 0.444 e. The Morgan fingerprint density at radius 1 is 1.50 bits per heavy atom. The summed E-state index contributed by atoms with van der Waals surface area (Å²) < 4.78 is 5.43. The van der Waals surface area contributed by atoms with E-state index >= 15 is 0 Å². The Labute approximate surface area is 124 Å². The highest BCUT2D eigenvalue weighted by Gasteiger charge is 2.29. The topological polar surface area (TPSA) is 45.7 Å². The van der Waals surface area contributed by atoms with Gasteiger partial charge in [-0.3, -0.25) is 9.88 Å². The molecule has 0 aliphatic carbocycles. The summed E-state index contributed by atoms with van der Waals surface area (Å²) in [5.41, 5.74) is 1.43. The lowest BCUT2D eigenvalue weighted by Gasteiger charge is -2.39. The summed E-state index contributed by atoms with van der Waals surface area (Å²) in [5.74, 6) is 0. The molecule has 5 nitrogen and oxygen atoms in total. The maximum atomic E-state index is 12.1. The van der Waals surface area contributed by atoms with Gasteiger partial charge in [0, 0.05) is 43.3 Å². The Morgan fingerprint density at radius 2 is 2.25 bits per heavy atom. The quantitative estimate of drug-likeness (QED) is 0.841. The van der Waals surface area contributed by atoms with Crippen molar-refractivity contribution < 1.29 is 9.53 Å². The van der Waals surface area contributed by atoms with Gasteiger partial charge in [0.1, 0.15) is 5.60 Å². The highest BCUT2D eigenvalue weighted by Crippen LogP contribution is 2.18. The molecule has 1 amide bonds. The van der Waals surface area contributed by atoms with Crippen molar-refractivity contribution in [3.05, 3.63) is 16.6 Å². The van der Waals surface area contributed by atoms with Gasteiger partial charge in [-0.2, -0.15) is 0 Å². The van der Waals surface area contributed by atoms with Crippen molar-refractivity contribution in [2.45, 2.75) is 45.9 Å². The first-order valence-corrected chi connectivity index (χ1v) is 7.82. The summed E-state index contributed by atoms with van der Waals surface area (Å²) in [6.07, 6.45) is 1.71. The van der Waals surface area contributed by atoms with Crippen LogP contribution < -0.4 is 0 Å². The normalized spacial score (nSPS) is 21.0. The molecule has 2 heterocycles. The van der Waals surface area contributed by atoms with Crippen LogP contribution in [0.25, 0.3) is 0 Å². The summed E-state index contributed by atoms with van der Waals surface area (Å²) in [4.78, 5) is 21.6. The SMILES string of the molecule is C[C@@H]1CN(C(=O)OC(C)(C)C)CCN1Cc1cncs1. The lowest BCUT2D eigenvalue weighted by Crippen LogP contribution is -2.53. The van der Waals surface area contributed by atoms with E-state index in [1.165, 1.54) is 4.88 Å². The second-order valence-corrected chi connectivity index (χ2v) is 7.18. The highest BCUT2D eigenvalue weighted by molar-refractivity contribution is 7.09. The lowest BCUT2D eigenvalue weighted by atomic mass is 10.2. The maximum Gasteiger partial charge on any atom is 0.410 e. The van der Waals surface area contributed by atoms with Gasteiger partial charge in [0.15, 0.2) is 0 Å². The molecule has 0 spiro atoms. The van der Waals surface area contributed by atoms with Crippen LogP contribution in [0.1, 0.15) is 32.6 Å². The predicted octanol–water partition coefficient (Wildman–Crippen LogP) is 2.58. The van der Waals surface area contributed by atoms with E-state index in [9.17, 15) is 4.79 Å². The average molecular weight is 297 g/mol. The van der Waals surface area contributed by atoms with E-state index < -0.39 is 5.60 Å². The van der Waals surface area contributed by atoms with Crippen LogP contribution in [0, 0.1) is 0 Å². The summed E-state index contributed by atoms with van der Waals surface area (Å²) in [7, 11) is 0. The number of nitrogens with zero attached hydrogens (tertiary/aromatic N) is 3. The van der Waals surface area contributed by atoms with Crippen molar-refractivity contribution in [3.8, 4) is 0 Å². The molecule has 0 N–H and O–H groups in total. The fourth-order valence-electron chi connectivity index (χ4n) is 2.24. The smallest absolute Gasteiger partial charge is 0.410 e. The average Bonchev–Trinajstić information content (AvgIpc) is 2.82. The number of aromatic nitrogens is 1. The van der Waals surface area contributed by atoms with Crippen LogP contribution in [-0.2, 0) is 11.3 Å². The molecule has 6 heteroatoms. The van der Waals surface area contributed by atoms with Crippen molar-refractivity contribution in [2.24, 2.45) is 0 Å². The van der Waals surface area contributed by atoms with E-state index in [2.05, 4.69) is 16.8 Å². The second-order valence-electron chi connectivity index (χ2n) is 6.21. The molecule has 0 aromatic carbocycles. The van der Waals surface area contributed by atoms with Crippen molar-refractivity contribution in [2.75, 3.05) is 19.6 Å².